The van der Waals surface area contributed by atoms with Gasteiger partial charge in [-0.05, 0) is 34.9 Å². The number of halogens is 1. The monoisotopic (exact) mass is 399 g/mol. The Morgan fingerprint density at radius 2 is 1.86 bits per heavy atom. The van der Waals surface area contributed by atoms with E-state index in [1.807, 2.05) is 48.5 Å². The third-order valence-corrected chi connectivity index (χ3v) is 3.98. The van der Waals surface area contributed by atoms with E-state index in [-0.39, 0.29) is 6.61 Å². The number of hydrogen-bond acceptors (Lipinski definition) is 5. The molecule has 6 heteroatoms. The number of hydrogen-bond donors (Lipinski definition) is 1. The number of ether oxygens (including phenoxy) is 2. The van der Waals surface area contributed by atoms with E-state index in [2.05, 4.69) is 12.1 Å². The fourth-order valence-electron chi connectivity index (χ4n) is 2.37. The van der Waals surface area contributed by atoms with Crippen molar-refractivity contribution in [2.24, 2.45) is 0 Å². The maximum atomic E-state index is 12.0. The molecule has 0 aliphatic rings. The van der Waals surface area contributed by atoms with E-state index in [9.17, 15) is 4.79 Å². The first-order valence-corrected chi connectivity index (χ1v) is 8.83. The minimum atomic E-state index is -0.488. The zero-order chi connectivity index (χ0) is 20.4. The van der Waals surface area contributed by atoms with E-state index in [1.54, 1.807) is 12.1 Å². The van der Waals surface area contributed by atoms with Gasteiger partial charge in [-0.3, -0.25) is 10.3 Å². The molecular weight excluding hydrogens is 378 g/mol. The Morgan fingerprint density at radius 3 is 2.54 bits per heavy atom. The van der Waals surface area contributed by atoms with Gasteiger partial charge in [0.2, 0.25) is 0 Å². The Hall–Kier alpha value is -3.02. The van der Waals surface area contributed by atoms with Gasteiger partial charge in [0, 0.05) is 5.02 Å². The van der Waals surface area contributed by atoms with Crippen molar-refractivity contribution in [2.75, 3.05) is 14.2 Å². The van der Waals surface area contributed by atoms with Gasteiger partial charge in [-0.25, -0.2) is 4.79 Å². The molecule has 5 nitrogen and oxygen atoms in total. The molecule has 0 atom stereocenters. The highest BCUT2D eigenvalue weighted by Crippen LogP contribution is 2.21. The molecule has 0 unspecified atom stereocenters. The van der Waals surface area contributed by atoms with Gasteiger partial charge in [-0.2, -0.15) is 0 Å². The number of rotatable bonds is 9. The first kappa shape index (κ1) is 21.3. The van der Waals surface area contributed by atoms with E-state index in [4.69, 9.17) is 25.9 Å². The summed E-state index contributed by atoms with van der Waals surface area (Å²) in [5.74, 6) is -0.488. The van der Waals surface area contributed by atoms with Crippen LogP contribution >= 0.6 is 11.6 Å². The van der Waals surface area contributed by atoms with E-state index >= 15 is 0 Å². The van der Waals surface area contributed by atoms with Gasteiger partial charge in [0.1, 0.15) is 12.2 Å². The van der Waals surface area contributed by atoms with Crippen molar-refractivity contribution in [3.63, 3.8) is 0 Å². The molecule has 0 saturated carbocycles. The number of allylic oxidation sites excluding steroid dienone is 1. The van der Waals surface area contributed by atoms with Crippen molar-refractivity contribution < 1.29 is 19.1 Å². The summed E-state index contributed by atoms with van der Waals surface area (Å²) in [6.07, 6.45) is 5.03. The Bertz CT molecular complexity index is 872. The third kappa shape index (κ3) is 6.30. The van der Waals surface area contributed by atoms with E-state index in [1.165, 1.54) is 20.5 Å². The molecule has 0 radical (unpaired) electrons. The smallest absolute Gasteiger partial charge is 0.341 e. The maximum Gasteiger partial charge on any atom is 0.341 e. The van der Waals surface area contributed by atoms with Crippen LogP contribution in [0.4, 0.5) is 0 Å². The maximum absolute atomic E-state index is 12.0. The van der Waals surface area contributed by atoms with Crippen molar-refractivity contribution in [3.8, 4) is 0 Å². The fourth-order valence-corrected chi connectivity index (χ4v) is 2.50. The second-order valence-electron chi connectivity index (χ2n) is 5.72. The van der Waals surface area contributed by atoms with Crippen LogP contribution in [-0.4, -0.2) is 20.2 Å². The molecule has 146 valence electrons. The highest BCUT2D eigenvalue weighted by Gasteiger charge is 2.16. The van der Waals surface area contributed by atoms with Crippen LogP contribution in [0.1, 0.15) is 16.7 Å². The minimum absolute atomic E-state index is 0.210. The predicted molar refractivity (Wildman–Crippen MR) is 111 cm³/mol. The Kier molecular flexibility index (Phi) is 8.34. The topological polar surface area (TPSA) is 56.8 Å². The molecule has 28 heavy (non-hydrogen) atoms. The van der Waals surface area contributed by atoms with Crippen molar-refractivity contribution in [1.29, 1.82) is 0 Å². The van der Waals surface area contributed by atoms with Crippen LogP contribution in [-0.2, 0) is 25.7 Å². The highest BCUT2D eigenvalue weighted by molar-refractivity contribution is 6.30. The number of carbonyl (C=O) groups is 1. The summed E-state index contributed by atoms with van der Waals surface area (Å²) in [7, 11) is 2.80. The van der Waals surface area contributed by atoms with Crippen LogP contribution in [0.5, 0.6) is 0 Å². The fraction of sp³-hybridized carbons (Fsp3) is 0.136. The number of hydroxylamine groups is 1. The molecule has 0 heterocycles. The summed E-state index contributed by atoms with van der Waals surface area (Å²) in [5.41, 5.74) is 6.12. The van der Waals surface area contributed by atoms with Crippen LogP contribution < -0.4 is 5.48 Å². The van der Waals surface area contributed by atoms with Crippen LogP contribution in [0.15, 0.2) is 73.1 Å². The summed E-state index contributed by atoms with van der Waals surface area (Å²) < 4.78 is 9.83. The SMILES string of the molecule is C=C(C=Cc1ccc(Cl)cc1)NOCc1ccccc1C(=COC)C(=O)OC. The molecule has 2 aromatic carbocycles. The Balaban J connectivity index is 1.99. The standard InChI is InChI=1S/C22H22ClNO4/c1-16(8-9-17-10-12-19(23)13-11-17)24-28-14-18-6-4-5-7-20(18)21(15-26-2)22(25)27-3/h4-13,15,24H,1,14H2,2-3H3. The van der Waals surface area contributed by atoms with Crippen LogP contribution in [0.3, 0.4) is 0 Å². The number of esters is 1. The van der Waals surface area contributed by atoms with Gasteiger partial charge < -0.3 is 9.47 Å². The van der Waals surface area contributed by atoms with Gasteiger partial charge in [-0.15, -0.1) is 0 Å². The molecule has 0 spiro atoms. The number of nitrogens with one attached hydrogen (secondary N) is 1. The van der Waals surface area contributed by atoms with Crippen molar-refractivity contribution in [2.45, 2.75) is 6.61 Å². The van der Waals surface area contributed by atoms with E-state index in [0.29, 0.717) is 21.9 Å². The molecule has 0 fully saturated rings. The summed E-state index contributed by atoms with van der Waals surface area (Å²) in [5, 5.41) is 0.685. The summed E-state index contributed by atoms with van der Waals surface area (Å²) in [4.78, 5) is 17.5. The van der Waals surface area contributed by atoms with Gasteiger partial charge in [-0.1, -0.05) is 60.7 Å². The lowest BCUT2D eigenvalue weighted by Gasteiger charge is -2.12. The number of benzene rings is 2. The van der Waals surface area contributed by atoms with Crippen molar-refractivity contribution in [3.05, 3.63) is 94.9 Å². The lowest BCUT2D eigenvalue weighted by Crippen LogP contribution is -2.13. The zero-order valence-electron chi connectivity index (χ0n) is 15.8. The highest BCUT2D eigenvalue weighted by atomic mass is 35.5. The van der Waals surface area contributed by atoms with E-state index in [0.717, 1.165) is 11.1 Å². The average Bonchev–Trinajstić information content (AvgIpc) is 2.71. The molecule has 2 rings (SSSR count). The van der Waals surface area contributed by atoms with Gasteiger partial charge in [0.05, 0.1) is 26.2 Å². The quantitative estimate of drug-likeness (QED) is 0.217. The van der Waals surface area contributed by atoms with Crippen molar-refractivity contribution >= 4 is 29.2 Å². The average molecular weight is 400 g/mol. The first-order chi connectivity index (χ1) is 13.5. The molecule has 0 aromatic heterocycles. The molecule has 0 aliphatic carbocycles. The normalized spacial score (nSPS) is 11.3. The molecule has 0 saturated heterocycles. The first-order valence-electron chi connectivity index (χ1n) is 8.45. The molecule has 2 aromatic rings. The number of methoxy groups -OCH3 is 2. The lowest BCUT2D eigenvalue weighted by molar-refractivity contribution is -0.133. The second-order valence-corrected chi connectivity index (χ2v) is 6.15. The third-order valence-electron chi connectivity index (χ3n) is 3.73. The summed E-state index contributed by atoms with van der Waals surface area (Å²) >= 11 is 5.87. The molecular formula is C22H22ClNO4. The molecule has 0 amide bonds. The van der Waals surface area contributed by atoms with Gasteiger partial charge >= 0.3 is 5.97 Å². The number of carbonyl (C=O) groups excluding carboxylic acids is 1. The second kappa shape index (κ2) is 11.0. The zero-order valence-corrected chi connectivity index (χ0v) is 16.5. The minimum Gasteiger partial charge on any atom is -0.503 e. The van der Waals surface area contributed by atoms with E-state index < -0.39 is 5.97 Å². The summed E-state index contributed by atoms with van der Waals surface area (Å²) in [6.45, 7) is 4.10. The largest absolute Gasteiger partial charge is 0.503 e. The molecule has 1 N–H and O–H groups in total. The van der Waals surface area contributed by atoms with Crippen LogP contribution in [0, 0.1) is 0 Å². The molecule has 0 bridgehead atoms. The van der Waals surface area contributed by atoms with Crippen molar-refractivity contribution in [1.82, 2.24) is 5.48 Å². The Labute approximate surface area is 169 Å². The summed E-state index contributed by atoms with van der Waals surface area (Å²) in [6, 6.07) is 14.8. The van der Waals surface area contributed by atoms with Gasteiger partial charge in [0.15, 0.2) is 0 Å². The van der Waals surface area contributed by atoms with Gasteiger partial charge in [0.25, 0.3) is 0 Å². The van der Waals surface area contributed by atoms with Crippen LogP contribution in [0.2, 0.25) is 5.02 Å². The lowest BCUT2D eigenvalue weighted by atomic mass is 10.0. The predicted octanol–water partition coefficient (Wildman–Crippen LogP) is 4.75. The Morgan fingerprint density at radius 1 is 1.14 bits per heavy atom. The van der Waals surface area contributed by atoms with Crippen LogP contribution in [0.25, 0.3) is 11.6 Å². The molecule has 0 aliphatic heterocycles.